The summed E-state index contributed by atoms with van der Waals surface area (Å²) < 4.78 is 24.5. The molecule has 0 saturated carbocycles. The molecule has 7 heteroatoms. The molecule has 0 aliphatic heterocycles. The third-order valence-corrected chi connectivity index (χ3v) is 13.2. The van der Waals surface area contributed by atoms with Gasteiger partial charge in [-0.15, -0.1) is 0 Å². The van der Waals surface area contributed by atoms with Gasteiger partial charge in [-0.2, -0.15) is 0 Å². The Hall–Kier alpha value is -3.26. The Morgan fingerprint density at radius 3 is 1.88 bits per heavy atom. The molecule has 0 spiro atoms. The highest BCUT2D eigenvalue weighted by atomic mass is 28.4. The number of benzene rings is 3. The van der Waals surface area contributed by atoms with Crippen LogP contribution in [0.5, 0.6) is 5.75 Å². The van der Waals surface area contributed by atoms with Gasteiger partial charge in [0.1, 0.15) is 18.1 Å². The SMILES string of the molecule is CCC(C)[C@H](OCc1ccc(OC)cc1)C(=O)O[C@@H](CC=O)[C@H](C)CO[Si](c1ccccc1)(c1ccccc1)C(C)(C)C. The smallest absolute Gasteiger partial charge is 0.335 e. The lowest BCUT2D eigenvalue weighted by molar-refractivity contribution is -0.170. The number of esters is 1. The second-order valence-corrected chi connectivity index (χ2v) is 16.6. The highest BCUT2D eigenvalue weighted by Gasteiger charge is 2.50. The van der Waals surface area contributed by atoms with Crippen molar-refractivity contribution in [1.29, 1.82) is 0 Å². The van der Waals surface area contributed by atoms with Crippen molar-refractivity contribution in [3.8, 4) is 5.75 Å². The van der Waals surface area contributed by atoms with E-state index in [9.17, 15) is 9.59 Å². The van der Waals surface area contributed by atoms with Crippen molar-refractivity contribution in [1.82, 2.24) is 0 Å². The summed E-state index contributed by atoms with van der Waals surface area (Å²) >= 11 is 0. The molecular formula is C36H48O6Si. The van der Waals surface area contributed by atoms with Gasteiger partial charge in [0.2, 0.25) is 0 Å². The Kier molecular flexibility index (Phi) is 12.7. The number of methoxy groups -OCH3 is 1. The van der Waals surface area contributed by atoms with Crippen molar-refractivity contribution in [3.63, 3.8) is 0 Å². The zero-order chi connectivity index (χ0) is 31.5. The molecule has 0 radical (unpaired) electrons. The lowest BCUT2D eigenvalue weighted by atomic mass is 10.0. The molecule has 0 amide bonds. The van der Waals surface area contributed by atoms with Gasteiger partial charge in [-0.3, -0.25) is 0 Å². The number of hydrogen-bond acceptors (Lipinski definition) is 6. The summed E-state index contributed by atoms with van der Waals surface area (Å²) in [6.45, 7) is 13.3. The summed E-state index contributed by atoms with van der Waals surface area (Å²) in [6, 6.07) is 28.4. The minimum Gasteiger partial charge on any atom is -0.497 e. The first-order chi connectivity index (χ1) is 20.6. The number of ether oxygens (including phenoxy) is 3. The summed E-state index contributed by atoms with van der Waals surface area (Å²) in [5, 5.41) is 2.16. The molecule has 43 heavy (non-hydrogen) atoms. The summed E-state index contributed by atoms with van der Waals surface area (Å²) in [4.78, 5) is 25.3. The molecule has 0 bridgehead atoms. The summed E-state index contributed by atoms with van der Waals surface area (Å²) in [5.41, 5.74) is 0.929. The van der Waals surface area contributed by atoms with Crippen molar-refractivity contribution in [2.75, 3.05) is 13.7 Å². The third-order valence-electron chi connectivity index (χ3n) is 8.19. The van der Waals surface area contributed by atoms with Gasteiger partial charge in [-0.1, -0.05) is 121 Å². The molecule has 0 aliphatic carbocycles. The van der Waals surface area contributed by atoms with Crippen LogP contribution in [0, 0.1) is 11.8 Å². The third kappa shape index (κ3) is 8.65. The molecule has 1 unspecified atom stereocenters. The van der Waals surface area contributed by atoms with Gasteiger partial charge in [0.25, 0.3) is 8.32 Å². The van der Waals surface area contributed by atoms with Crippen LogP contribution in [0.2, 0.25) is 5.04 Å². The largest absolute Gasteiger partial charge is 0.497 e. The van der Waals surface area contributed by atoms with Gasteiger partial charge < -0.3 is 23.4 Å². The Morgan fingerprint density at radius 2 is 1.42 bits per heavy atom. The highest BCUT2D eigenvalue weighted by molar-refractivity contribution is 6.99. The molecular weight excluding hydrogens is 556 g/mol. The van der Waals surface area contributed by atoms with Gasteiger partial charge in [0.05, 0.1) is 13.7 Å². The van der Waals surface area contributed by atoms with Gasteiger partial charge in [-0.25, -0.2) is 4.79 Å². The van der Waals surface area contributed by atoms with Crippen molar-refractivity contribution in [3.05, 3.63) is 90.5 Å². The molecule has 3 aromatic carbocycles. The van der Waals surface area contributed by atoms with E-state index in [2.05, 4.69) is 69.3 Å². The van der Waals surface area contributed by atoms with Crippen LogP contribution in [0.1, 0.15) is 59.9 Å². The minimum atomic E-state index is -2.79. The molecule has 6 nitrogen and oxygen atoms in total. The average molecular weight is 605 g/mol. The van der Waals surface area contributed by atoms with Crippen LogP contribution in [0.25, 0.3) is 0 Å². The van der Waals surface area contributed by atoms with E-state index in [1.54, 1.807) is 7.11 Å². The quantitative estimate of drug-likeness (QED) is 0.108. The molecule has 0 N–H and O–H groups in total. The van der Waals surface area contributed by atoms with Gasteiger partial charge >= 0.3 is 5.97 Å². The first-order valence-corrected chi connectivity index (χ1v) is 17.1. The van der Waals surface area contributed by atoms with Crippen molar-refractivity contribution in [2.24, 2.45) is 11.8 Å². The zero-order valence-corrected chi connectivity index (χ0v) is 27.7. The minimum absolute atomic E-state index is 0.0636. The fourth-order valence-corrected chi connectivity index (χ4v) is 10.1. The zero-order valence-electron chi connectivity index (χ0n) is 26.7. The van der Waals surface area contributed by atoms with E-state index in [1.165, 1.54) is 10.4 Å². The maximum Gasteiger partial charge on any atom is 0.335 e. The first kappa shape index (κ1) is 34.2. The predicted octanol–water partition coefficient (Wildman–Crippen LogP) is 6.34. The van der Waals surface area contributed by atoms with E-state index in [1.807, 2.05) is 57.2 Å². The normalized spacial score (nSPS) is 14.8. The van der Waals surface area contributed by atoms with E-state index in [0.29, 0.717) is 6.61 Å². The Labute approximate surface area is 258 Å². The topological polar surface area (TPSA) is 71.1 Å². The number of carbonyl (C=O) groups excluding carboxylic acids is 2. The van der Waals surface area contributed by atoms with Crippen LogP contribution >= 0.6 is 0 Å². The fourth-order valence-electron chi connectivity index (χ4n) is 5.42. The van der Waals surface area contributed by atoms with Crippen LogP contribution in [-0.4, -0.2) is 46.5 Å². The maximum absolute atomic E-state index is 13.5. The number of hydrogen-bond donors (Lipinski definition) is 0. The van der Waals surface area contributed by atoms with E-state index in [0.717, 1.165) is 24.0 Å². The van der Waals surface area contributed by atoms with Crippen LogP contribution in [-0.2, 0) is 30.1 Å². The lowest BCUT2D eigenvalue weighted by Crippen LogP contribution is -2.67. The lowest BCUT2D eigenvalue weighted by Gasteiger charge is -2.44. The Bertz CT molecular complexity index is 1220. The van der Waals surface area contributed by atoms with Crippen molar-refractivity contribution >= 4 is 30.9 Å². The molecule has 0 aromatic heterocycles. The fraction of sp³-hybridized carbons (Fsp3) is 0.444. The maximum atomic E-state index is 13.5. The number of rotatable bonds is 16. The summed E-state index contributed by atoms with van der Waals surface area (Å²) in [5.74, 6) is 0.0147. The molecule has 0 heterocycles. The van der Waals surface area contributed by atoms with Crippen molar-refractivity contribution in [2.45, 2.75) is 78.2 Å². The first-order valence-electron chi connectivity index (χ1n) is 15.2. The highest BCUT2D eigenvalue weighted by Crippen LogP contribution is 2.37. The second kappa shape index (κ2) is 16.0. The molecule has 232 valence electrons. The van der Waals surface area contributed by atoms with E-state index in [-0.39, 0.29) is 29.9 Å². The van der Waals surface area contributed by atoms with Crippen LogP contribution in [0.4, 0.5) is 0 Å². The molecule has 0 fully saturated rings. The summed E-state index contributed by atoms with van der Waals surface area (Å²) in [6.07, 6.45) is 0.245. The molecule has 3 aromatic rings. The molecule has 0 aliphatic rings. The Balaban J connectivity index is 1.81. The summed E-state index contributed by atoms with van der Waals surface area (Å²) in [7, 11) is -1.16. The second-order valence-electron chi connectivity index (χ2n) is 12.3. The van der Waals surface area contributed by atoms with E-state index >= 15 is 0 Å². The number of aldehydes is 1. The number of carbonyl (C=O) groups is 2. The van der Waals surface area contributed by atoms with Gasteiger partial charge in [-0.05, 0) is 39.0 Å². The monoisotopic (exact) mass is 604 g/mol. The van der Waals surface area contributed by atoms with E-state index < -0.39 is 26.5 Å². The van der Waals surface area contributed by atoms with Crippen LogP contribution < -0.4 is 15.1 Å². The van der Waals surface area contributed by atoms with Gasteiger partial charge in [0, 0.05) is 18.9 Å². The Morgan fingerprint density at radius 1 is 0.860 bits per heavy atom. The van der Waals surface area contributed by atoms with Crippen LogP contribution in [0.3, 0.4) is 0 Å². The molecule has 4 atom stereocenters. The molecule has 0 saturated heterocycles. The molecule has 3 rings (SSSR count). The van der Waals surface area contributed by atoms with Crippen LogP contribution in [0.15, 0.2) is 84.9 Å². The predicted molar refractivity (Wildman–Crippen MR) is 174 cm³/mol. The van der Waals surface area contributed by atoms with Gasteiger partial charge in [0.15, 0.2) is 6.10 Å². The average Bonchev–Trinajstić information content (AvgIpc) is 3.01. The van der Waals surface area contributed by atoms with E-state index in [4.69, 9.17) is 18.6 Å². The van der Waals surface area contributed by atoms with Crippen molar-refractivity contribution < 1.29 is 28.2 Å². The standard InChI is InChI=1S/C36H48O6Si/c1-8-27(2)34(40-26-29-19-21-30(39-7)22-20-29)35(38)42-33(23-24-37)28(3)25-41-43(36(4,5)6,31-15-11-9-12-16-31)32-17-13-10-14-18-32/h9-22,24,27-28,33-34H,8,23,25-26H2,1-7H3/t27?,28-,33+,34+/m1/s1.